The topological polar surface area (TPSA) is 29.1 Å². The van der Waals surface area contributed by atoms with Crippen LogP contribution in [0.4, 0.5) is 0 Å². The summed E-state index contributed by atoms with van der Waals surface area (Å²) in [6.07, 6.45) is 0. The second kappa shape index (κ2) is 8.82. The lowest BCUT2D eigenvalue weighted by atomic mass is 10.2. The van der Waals surface area contributed by atoms with Gasteiger partial charge in [0.2, 0.25) is 5.91 Å². The molecule has 0 aliphatic carbocycles. The molecular formula is C16H14BrCl2NOS. The van der Waals surface area contributed by atoms with Crippen molar-refractivity contribution >= 4 is 56.8 Å². The molecule has 2 aromatic carbocycles. The maximum Gasteiger partial charge on any atom is 0.230 e. The highest BCUT2D eigenvalue weighted by Crippen LogP contribution is 2.22. The maximum atomic E-state index is 11.9. The Kier molecular flexibility index (Phi) is 7.09. The Morgan fingerprint density at radius 1 is 1.14 bits per heavy atom. The van der Waals surface area contributed by atoms with Gasteiger partial charge in [0, 0.05) is 26.8 Å². The molecule has 0 saturated heterocycles. The molecule has 0 saturated carbocycles. The van der Waals surface area contributed by atoms with Crippen molar-refractivity contribution in [2.45, 2.75) is 12.3 Å². The van der Waals surface area contributed by atoms with Gasteiger partial charge in [-0.25, -0.2) is 0 Å². The summed E-state index contributed by atoms with van der Waals surface area (Å²) >= 11 is 17.0. The second-order valence-electron chi connectivity index (χ2n) is 4.60. The van der Waals surface area contributed by atoms with Crippen LogP contribution in [0.5, 0.6) is 0 Å². The fourth-order valence-electron chi connectivity index (χ4n) is 1.78. The Balaban J connectivity index is 1.75. The van der Waals surface area contributed by atoms with Crippen LogP contribution in [0.15, 0.2) is 46.9 Å². The molecule has 0 radical (unpaired) electrons. The molecule has 0 bridgehead atoms. The summed E-state index contributed by atoms with van der Waals surface area (Å²) in [5.74, 6) is 1.19. The van der Waals surface area contributed by atoms with Crippen LogP contribution in [0.3, 0.4) is 0 Å². The van der Waals surface area contributed by atoms with Gasteiger partial charge >= 0.3 is 0 Å². The highest BCUT2D eigenvalue weighted by atomic mass is 79.9. The van der Waals surface area contributed by atoms with Crippen LogP contribution >= 0.6 is 50.9 Å². The summed E-state index contributed by atoms with van der Waals surface area (Å²) < 4.78 is 1.07. The van der Waals surface area contributed by atoms with Crippen LogP contribution in [-0.2, 0) is 17.1 Å². The molecule has 0 heterocycles. The Labute approximate surface area is 152 Å². The van der Waals surface area contributed by atoms with Gasteiger partial charge in [-0.3, -0.25) is 4.79 Å². The molecule has 0 aliphatic rings. The zero-order valence-corrected chi connectivity index (χ0v) is 15.5. The summed E-state index contributed by atoms with van der Waals surface area (Å²) in [5, 5.41) is 4.01. The molecule has 0 aliphatic heterocycles. The van der Waals surface area contributed by atoms with E-state index in [0.717, 1.165) is 15.8 Å². The van der Waals surface area contributed by atoms with Crippen molar-refractivity contribution in [3.8, 4) is 0 Å². The minimum absolute atomic E-state index is 0.0110. The highest BCUT2D eigenvalue weighted by Gasteiger charge is 2.06. The molecule has 6 heteroatoms. The van der Waals surface area contributed by atoms with E-state index in [4.69, 9.17) is 23.2 Å². The number of thioether (sulfide) groups is 1. The van der Waals surface area contributed by atoms with E-state index in [1.54, 1.807) is 23.9 Å². The van der Waals surface area contributed by atoms with Crippen LogP contribution in [0.1, 0.15) is 11.1 Å². The molecule has 2 rings (SSSR count). The van der Waals surface area contributed by atoms with Gasteiger partial charge in [-0.2, -0.15) is 0 Å². The quantitative estimate of drug-likeness (QED) is 0.688. The van der Waals surface area contributed by atoms with Gasteiger partial charge in [0.1, 0.15) is 0 Å². The van der Waals surface area contributed by atoms with E-state index in [0.29, 0.717) is 22.3 Å². The van der Waals surface area contributed by atoms with E-state index >= 15 is 0 Å². The molecule has 1 amide bonds. The predicted octanol–water partition coefficient (Wildman–Crippen LogP) is 5.31. The SMILES string of the molecule is O=C(CSCc1ccccc1Br)NCc1ccc(Cl)cc1Cl. The predicted molar refractivity (Wildman–Crippen MR) is 98.6 cm³/mol. The number of rotatable bonds is 6. The number of nitrogens with one attached hydrogen (secondary N) is 1. The maximum absolute atomic E-state index is 11.9. The largest absolute Gasteiger partial charge is 0.351 e. The molecule has 0 unspecified atom stereocenters. The van der Waals surface area contributed by atoms with Crippen LogP contribution in [0.25, 0.3) is 0 Å². The third-order valence-corrected chi connectivity index (χ3v) is 5.28. The number of hydrogen-bond acceptors (Lipinski definition) is 2. The first-order valence-corrected chi connectivity index (χ1v) is 9.28. The molecule has 116 valence electrons. The first-order chi connectivity index (χ1) is 10.6. The molecule has 2 aromatic rings. The fourth-order valence-corrected chi connectivity index (χ4v) is 3.73. The van der Waals surface area contributed by atoms with E-state index in [1.165, 1.54) is 5.56 Å². The summed E-state index contributed by atoms with van der Waals surface area (Å²) in [6.45, 7) is 0.407. The average molecular weight is 419 g/mol. The van der Waals surface area contributed by atoms with Gasteiger partial charge in [-0.15, -0.1) is 11.8 Å². The number of carbonyl (C=O) groups is 1. The van der Waals surface area contributed by atoms with Gasteiger partial charge in [-0.1, -0.05) is 63.4 Å². The number of benzene rings is 2. The zero-order chi connectivity index (χ0) is 15.9. The molecule has 22 heavy (non-hydrogen) atoms. The fraction of sp³-hybridized carbons (Fsp3) is 0.188. The van der Waals surface area contributed by atoms with Gasteiger partial charge < -0.3 is 5.32 Å². The summed E-state index contributed by atoms with van der Waals surface area (Å²) in [7, 11) is 0. The Morgan fingerprint density at radius 2 is 1.91 bits per heavy atom. The molecule has 2 nitrogen and oxygen atoms in total. The van der Waals surface area contributed by atoms with Gasteiger partial charge in [0.05, 0.1) is 5.75 Å². The Morgan fingerprint density at radius 3 is 2.64 bits per heavy atom. The first-order valence-electron chi connectivity index (χ1n) is 6.58. The van der Waals surface area contributed by atoms with Crippen LogP contribution in [-0.4, -0.2) is 11.7 Å². The van der Waals surface area contributed by atoms with Crippen molar-refractivity contribution in [2.75, 3.05) is 5.75 Å². The average Bonchev–Trinajstić information content (AvgIpc) is 2.48. The monoisotopic (exact) mass is 417 g/mol. The van der Waals surface area contributed by atoms with E-state index in [9.17, 15) is 4.79 Å². The minimum atomic E-state index is -0.0110. The lowest BCUT2D eigenvalue weighted by Gasteiger charge is -2.08. The third kappa shape index (κ3) is 5.51. The Hall–Kier alpha value is -0.680. The van der Waals surface area contributed by atoms with Crippen molar-refractivity contribution in [1.82, 2.24) is 5.32 Å². The van der Waals surface area contributed by atoms with Gasteiger partial charge in [0.15, 0.2) is 0 Å². The van der Waals surface area contributed by atoms with E-state index in [1.807, 2.05) is 30.3 Å². The number of hydrogen-bond donors (Lipinski definition) is 1. The van der Waals surface area contributed by atoms with Crippen molar-refractivity contribution in [3.05, 3.63) is 68.1 Å². The van der Waals surface area contributed by atoms with Crippen molar-refractivity contribution < 1.29 is 4.79 Å². The molecule has 0 atom stereocenters. The lowest BCUT2D eigenvalue weighted by Crippen LogP contribution is -2.24. The van der Waals surface area contributed by atoms with E-state index in [2.05, 4.69) is 21.2 Å². The minimum Gasteiger partial charge on any atom is -0.351 e. The smallest absolute Gasteiger partial charge is 0.230 e. The third-order valence-electron chi connectivity index (χ3n) is 2.94. The van der Waals surface area contributed by atoms with Crippen molar-refractivity contribution in [1.29, 1.82) is 0 Å². The summed E-state index contributed by atoms with van der Waals surface area (Å²) in [4.78, 5) is 11.9. The zero-order valence-electron chi connectivity index (χ0n) is 11.6. The van der Waals surface area contributed by atoms with Crippen LogP contribution in [0, 0.1) is 0 Å². The standard InChI is InChI=1S/C16H14BrCl2NOS/c17-14-4-2-1-3-12(14)9-22-10-16(21)20-8-11-5-6-13(18)7-15(11)19/h1-7H,8-10H2,(H,20,21). The van der Waals surface area contributed by atoms with Crippen LogP contribution in [0.2, 0.25) is 10.0 Å². The lowest BCUT2D eigenvalue weighted by molar-refractivity contribution is -0.118. The van der Waals surface area contributed by atoms with E-state index in [-0.39, 0.29) is 5.91 Å². The van der Waals surface area contributed by atoms with Gasteiger partial charge in [-0.05, 0) is 29.3 Å². The normalized spacial score (nSPS) is 10.5. The van der Waals surface area contributed by atoms with Crippen molar-refractivity contribution in [3.63, 3.8) is 0 Å². The van der Waals surface area contributed by atoms with E-state index < -0.39 is 0 Å². The second-order valence-corrected chi connectivity index (χ2v) is 7.28. The molecule has 0 fully saturated rings. The molecule has 1 N–H and O–H groups in total. The molecule has 0 spiro atoms. The summed E-state index contributed by atoms with van der Waals surface area (Å²) in [6, 6.07) is 13.3. The number of halogens is 3. The van der Waals surface area contributed by atoms with Gasteiger partial charge in [0.25, 0.3) is 0 Å². The first kappa shape index (κ1) is 17.7. The molecule has 0 aromatic heterocycles. The molecular weight excluding hydrogens is 405 g/mol. The number of amides is 1. The Bertz CT molecular complexity index is 666. The van der Waals surface area contributed by atoms with Crippen LogP contribution < -0.4 is 5.32 Å². The highest BCUT2D eigenvalue weighted by molar-refractivity contribution is 9.10. The number of carbonyl (C=O) groups excluding carboxylic acids is 1. The summed E-state index contributed by atoms with van der Waals surface area (Å²) in [5.41, 5.74) is 2.04. The van der Waals surface area contributed by atoms with Crippen molar-refractivity contribution in [2.24, 2.45) is 0 Å².